The predicted octanol–water partition coefficient (Wildman–Crippen LogP) is 2.79. The van der Waals surface area contributed by atoms with E-state index in [9.17, 15) is 24.6 Å². The van der Waals surface area contributed by atoms with Crippen molar-refractivity contribution < 1.29 is 29.0 Å². The van der Waals surface area contributed by atoms with E-state index in [0.29, 0.717) is 6.42 Å². The van der Waals surface area contributed by atoms with E-state index in [2.05, 4.69) is 0 Å². The Bertz CT molecular complexity index is 1330. The van der Waals surface area contributed by atoms with Crippen molar-refractivity contribution in [2.45, 2.75) is 38.6 Å². The van der Waals surface area contributed by atoms with Crippen molar-refractivity contribution in [3.05, 3.63) is 74.1 Å². The van der Waals surface area contributed by atoms with Crippen LogP contribution in [0.3, 0.4) is 0 Å². The molecule has 2 atom stereocenters. The average Bonchev–Trinajstić information content (AvgIpc) is 3.42. The zero-order valence-corrected chi connectivity index (χ0v) is 16.3. The molecule has 1 aromatic heterocycles. The number of carbonyl (C=O) groups excluding carboxylic acids is 2. The van der Waals surface area contributed by atoms with Crippen molar-refractivity contribution >= 4 is 22.5 Å². The van der Waals surface area contributed by atoms with Gasteiger partial charge in [0.25, 0.3) is 0 Å². The zero-order chi connectivity index (χ0) is 21.4. The molecule has 0 unspecified atom stereocenters. The quantitative estimate of drug-likeness (QED) is 0.502. The van der Waals surface area contributed by atoms with Crippen LogP contribution in [0.25, 0.3) is 11.0 Å². The van der Waals surface area contributed by atoms with Crippen LogP contribution in [0.5, 0.6) is 5.75 Å². The van der Waals surface area contributed by atoms with Crippen LogP contribution in [0, 0.1) is 0 Å². The first kappa shape index (κ1) is 18.7. The van der Waals surface area contributed by atoms with Gasteiger partial charge in [0.2, 0.25) is 5.78 Å². The molecule has 3 aromatic rings. The van der Waals surface area contributed by atoms with E-state index in [1.807, 2.05) is 6.92 Å². The Kier molecular flexibility index (Phi) is 3.81. The Morgan fingerprint density at radius 3 is 2.50 bits per heavy atom. The highest BCUT2D eigenvalue weighted by Crippen LogP contribution is 2.48. The summed E-state index contributed by atoms with van der Waals surface area (Å²) in [4.78, 5) is 39.4. The van der Waals surface area contributed by atoms with Gasteiger partial charge in [-0.25, -0.2) is 0 Å². The summed E-state index contributed by atoms with van der Waals surface area (Å²) in [5.74, 6) is -1.16. The fourth-order valence-electron chi connectivity index (χ4n) is 4.38. The fraction of sp³-hybridized carbons (Fsp3) is 0.261. The second-order valence-electron chi connectivity index (χ2n) is 7.78. The van der Waals surface area contributed by atoms with Crippen molar-refractivity contribution in [2.24, 2.45) is 0 Å². The monoisotopic (exact) mass is 406 g/mol. The lowest BCUT2D eigenvalue weighted by Crippen LogP contribution is -2.23. The van der Waals surface area contributed by atoms with Crippen LogP contribution in [0.2, 0.25) is 0 Å². The first-order chi connectivity index (χ1) is 14.3. The van der Waals surface area contributed by atoms with Gasteiger partial charge >= 0.3 is 0 Å². The van der Waals surface area contributed by atoms with Gasteiger partial charge in [-0.05, 0) is 31.0 Å². The van der Waals surface area contributed by atoms with E-state index in [0.717, 1.165) is 0 Å². The van der Waals surface area contributed by atoms with Gasteiger partial charge in [0.1, 0.15) is 17.1 Å². The van der Waals surface area contributed by atoms with Crippen LogP contribution in [-0.4, -0.2) is 27.9 Å². The van der Waals surface area contributed by atoms with E-state index < -0.39 is 29.2 Å². The van der Waals surface area contributed by atoms with Crippen molar-refractivity contribution in [1.82, 2.24) is 0 Å². The number of aromatic hydroxyl groups is 1. The van der Waals surface area contributed by atoms with E-state index in [-0.39, 0.29) is 56.4 Å². The Morgan fingerprint density at radius 1 is 1.07 bits per heavy atom. The first-order valence-electron chi connectivity index (χ1n) is 9.66. The first-order valence-corrected chi connectivity index (χ1v) is 9.66. The van der Waals surface area contributed by atoms with E-state index in [1.54, 1.807) is 6.92 Å². The molecule has 0 amide bonds. The second-order valence-corrected chi connectivity index (χ2v) is 7.78. The molecule has 1 aliphatic heterocycles. The van der Waals surface area contributed by atoms with E-state index >= 15 is 0 Å². The number of aliphatic hydroxyl groups is 1. The highest BCUT2D eigenvalue weighted by Gasteiger charge is 2.55. The minimum atomic E-state index is -0.800. The van der Waals surface area contributed by atoms with Gasteiger partial charge in [0.05, 0.1) is 29.2 Å². The largest absolute Gasteiger partial charge is 0.507 e. The molecule has 2 aliphatic rings. The highest BCUT2D eigenvalue weighted by atomic mass is 16.6. The second kappa shape index (κ2) is 6.10. The number of epoxide rings is 1. The van der Waals surface area contributed by atoms with Gasteiger partial charge in [-0.2, -0.15) is 0 Å². The number of fused-ring (bicyclic) bond motifs is 4. The number of hydrogen-bond acceptors (Lipinski definition) is 7. The van der Waals surface area contributed by atoms with Gasteiger partial charge in [0.15, 0.2) is 16.8 Å². The summed E-state index contributed by atoms with van der Waals surface area (Å²) in [5.41, 5.74) is -1.22. The standard InChI is InChI=1S/C23H18O7/c1-3-15-23(2,30-15)16-8-14(26)17-10(9-24)7-12-19(22(17)29-16)21(28)18-11(20(12)27)5-4-6-13(18)25/h4-8,15,24-25H,3,9H2,1-2H3/t15-,23-/m1/s1. The van der Waals surface area contributed by atoms with Gasteiger partial charge < -0.3 is 19.4 Å². The zero-order valence-electron chi connectivity index (χ0n) is 16.3. The molecule has 2 aromatic carbocycles. The van der Waals surface area contributed by atoms with Crippen molar-refractivity contribution in [3.63, 3.8) is 0 Å². The molecule has 2 heterocycles. The van der Waals surface area contributed by atoms with Crippen LogP contribution in [0.4, 0.5) is 0 Å². The third kappa shape index (κ3) is 2.30. The van der Waals surface area contributed by atoms with E-state index in [1.165, 1.54) is 30.3 Å². The summed E-state index contributed by atoms with van der Waals surface area (Å²) >= 11 is 0. The number of phenols is 1. The van der Waals surface area contributed by atoms with Crippen LogP contribution in [0.1, 0.15) is 63.4 Å². The molecule has 152 valence electrons. The van der Waals surface area contributed by atoms with Crippen molar-refractivity contribution in [2.75, 3.05) is 0 Å². The number of aliphatic hydroxyl groups excluding tert-OH is 1. The SMILES string of the molecule is CC[C@H]1O[C@@]1(C)c1cc(=O)c2c(CO)cc3c(c2o1)C(=O)c1c(O)cccc1C3=O. The maximum absolute atomic E-state index is 13.3. The maximum Gasteiger partial charge on any atom is 0.202 e. The van der Waals surface area contributed by atoms with Crippen LogP contribution in [0.15, 0.2) is 39.5 Å². The minimum Gasteiger partial charge on any atom is -0.507 e. The summed E-state index contributed by atoms with van der Waals surface area (Å²) in [6, 6.07) is 6.92. The number of benzene rings is 2. The van der Waals surface area contributed by atoms with Gasteiger partial charge in [-0.1, -0.05) is 19.1 Å². The molecule has 7 nitrogen and oxygen atoms in total. The minimum absolute atomic E-state index is 0.0314. The molecule has 1 fully saturated rings. The molecule has 30 heavy (non-hydrogen) atoms. The van der Waals surface area contributed by atoms with Crippen LogP contribution >= 0.6 is 0 Å². The molecule has 5 rings (SSSR count). The van der Waals surface area contributed by atoms with Gasteiger partial charge in [0, 0.05) is 17.2 Å². The third-order valence-corrected chi connectivity index (χ3v) is 6.04. The number of hydrogen-bond donors (Lipinski definition) is 2. The van der Waals surface area contributed by atoms with Gasteiger partial charge in [-0.15, -0.1) is 0 Å². The number of phenolic OH excluding ortho intramolecular Hbond substituents is 1. The normalized spacial score (nSPS) is 22.2. The molecule has 0 bridgehead atoms. The lowest BCUT2D eigenvalue weighted by Gasteiger charge is -2.21. The molecule has 0 spiro atoms. The number of ketones is 2. The van der Waals surface area contributed by atoms with Crippen molar-refractivity contribution in [1.29, 1.82) is 0 Å². The fourth-order valence-corrected chi connectivity index (χ4v) is 4.38. The van der Waals surface area contributed by atoms with Crippen LogP contribution < -0.4 is 5.43 Å². The summed E-state index contributed by atoms with van der Waals surface area (Å²) in [6.45, 7) is 3.23. The predicted molar refractivity (Wildman–Crippen MR) is 106 cm³/mol. The molecular weight excluding hydrogens is 388 g/mol. The topological polar surface area (TPSA) is 117 Å². The Hall–Kier alpha value is -3.29. The lowest BCUT2D eigenvalue weighted by molar-refractivity contribution is 0.0976. The maximum atomic E-state index is 13.3. The third-order valence-electron chi connectivity index (χ3n) is 6.04. The molecule has 1 saturated heterocycles. The number of ether oxygens (including phenoxy) is 1. The van der Waals surface area contributed by atoms with Crippen LogP contribution in [-0.2, 0) is 16.9 Å². The highest BCUT2D eigenvalue weighted by molar-refractivity contribution is 6.32. The number of carbonyl (C=O) groups is 2. The summed E-state index contributed by atoms with van der Waals surface area (Å²) < 4.78 is 11.7. The Labute approximate surface area is 170 Å². The Morgan fingerprint density at radius 2 is 1.83 bits per heavy atom. The average molecular weight is 406 g/mol. The molecular formula is C23H18O7. The molecule has 7 heteroatoms. The molecule has 0 radical (unpaired) electrons. The smallest absolute Gasteiger partial charge is 0.202 e. The van der Waals surface area contributed by atoms with Gasteiger partial charge in [-0.3, -0.25) is 14.4 Å². The summed E-state index contributed by atoms with van der Waals surface area (Å²) in [6.07, 6.45) is 0.586. The summed E-state index contributed by atoms with van der Waals surface area (Å²) in [7, 11) is 0. The lowest BCUT2D eigenvalue weighted by atomic mass is 9.81. The molecule has 1 aliphatic carbocycles. The van der Waals surface area contributed by atoms with Crippen molar-refractivity contribution in [3.8, 4) is 5.75 Å². The molecule has 0 saturated carbocycles. The summed E-state index contributed by atoms with van der Waals surface area (Å²) in [5, 5.41) is 20.1. The van der Waals surface area contributed by atoms with E-state index in [4.69, 9.17) is 9.15 Å². The Balaban J connectivity index is 1.88. The number of rotatable bonds is 3. The molecule has 2 N–H and O–H groups in total.